The zero-order valence-electron chi connectivity index (χ0n) is 16.4. The predicted molar refractivity (Wildman–Crippen MR) is 116 cm³/mol. The second-order valence-corrected chi connectivity index (χ2v) is 8.18. The van der Waals surface area contributed by atoms with Crippen molar-refractivity contribution in [3.8, 4) is 0 Å². The smallest absolute Gasteiger partial charge is 0.268 e. The van der Waals surface area contributed by atoms with Gasteiger partial charge in [0.1, 0.15) is 11.5 Å². The summed E-state index contributed by atoms with van der Waals surface area (Å²) in [7, 11) is 0. The fourth-order valence-corrected chi connectivity index (χ4v) is 4.42. The van der Waals surface area contributed by atoms with Gasteiger partial charge >= 0.3 is 0 Å². The Labute approximate surface area is 178 Å². The fourth-order valence-electron chi connectivity index (χ4n) is 3.46. The maximum Gasteiger partial charge on any atom is 0.268 e. The lowest BCUT2D eigenvalue weighted by atomic mass is 10.2. The number of hydrogen-bond donors (Lipinski definition) is 2. The number of fused-ring (bicyclic) bond motifs is 1. The van der Waals surface area contributed by atoms with Crippen LogP contribution in [0.3, 0.4) is 0 Å². The van der Waals surface area contributed by atoms with E-state index < -0.39 is 0 Å². The van der Waals surface area contributed by atoms with E-state index in [0.29, 0.717) is 36.6 Å². The van der Waals surface area contributed by atoms with Gasteiger partial charge in [0.2, 0.25) is 0 Å². The first-order valence-electron chi connectivity index (χ1n) is 9.77. The third kappa shape index (κ3) is 4.57. The first kappa shape index (κ1) is 20.2. The summed E-state index contributed by atoms with van der Waals surface area (Å²) in [5.74, 6) is 0.856. The lowest BCUT2D eigenvalue weighted by molar-refractivity contribution is 0.0939. The van der Waals surface area contributed by atoms with Gasteiger partial charge in [-0.05, 0) is 29.3 Å². The van der Waals surface area contributed by atoms with Gasteiger partial charge in [0, 0.05) is 36.8 Å². The maximum absolute atomic E-state index is 13.1. The SMILES string of the molecule is O=C(NCc1ccc(F)cc1)c1cc(C(=O)NCc2ccccc2)n2c1CSCC2. The summed E-state index contributed by atoms with van der Waals surface area (Å²) in [6, 6.07) is 17.4. The number of benzene rings is 2. The van der Waals surface area contributed by atoms with E-state index in [0.717, 1.165) is 22.6 Å². The number of aromatic nitrogens is 1. The van der Waals surface area contributed by atoms with Gasteiger partial charge in [0.05, 0.1) is 5.56 Å². The molecule has 0 unspecified atom stereocenters. The summed E-state index contributed by atoms with van der Waals surface area (Å²) in [5, 5.41) is 5.83. The molecule has 1 aromatic heterocycles. The van der Waals surface area contributed by atoms with E-state index in [2.05, 4.69) is 10.6 Å². The Morgan fingerprint density at radius 1 is 0.933 bits per heavy atom. The van der Waals surface area contributed by atoms with Crippen LogP contribution in [0.4, 0.5) is 4.39 Å². The van der Waals surface area contributed by atoms with Crippen molar-refractivity contribution in [2.24, 2.45) is 0 Å². The highest BCUT2D eigenvalue weighted by molar-refractivity contribution is 7.98. The number of halogens is 1. The number of amides is 2. The van der Waals surface area contributed by atoms with E-state index in [4.69, 9.17) is 0 Å². The lowest BCUT2D eigenvalue weighted by Crippen LogP contribution is -2.27. The average molecular weight is 424 g/mol. The lowest BCUT2D eigenvalue weighted by Gasteiger charge is -2.18. The molecule has 2 N–H and O–H groups in total. The van der Waals surface area contributed by atoms with Gasteiger partial charge in [-0.1, -0.05) is 42.5 Å². The molecule has 154 valence electrons. The molecule has 3 aromatic rings. The Morgan fingerprint density at radius 3 is 2.33 bits per heavy atom. The molecule has 4 rings (SSSR count). The molecule has 30 heavy (non-hydrogen) atoms. The summed E-state index contributed by atoms with van der Waals surface area (Å²) in [5.41, 5.74) is 3.73. The van der Waals surface area contributed by atoms with Crippen LogP contribution in [0.2, 0.25) is 0 Å². The van der Waals surface area contributed by atoms with Crippen molar-refractivity contribution >= 4 is 23.6 Å². The first-order chi connectivity index (χ1) is 14.6. The summed E-state index contributed by atoms with van der Waals surface area (Å²) in [6.07, 6.45) is 0. The van der Waals surface area contributed by atoms with Crippen molar-refractivity contribution in [2.45, 2.75) is 25.4 Å². The van der Waals surface area contributed by atoms with Gasteiger partial charge in [-0.2, -0.15) is 11.8 Å². The molecule has 2 amide bonds. The van der Waals surface area contributed by atoms with Crippen molar-refractivity contribution < 1.29 is 14.0 Å². The summed E-state index contributed by atoms with van der Waals surface area (Å²) in [6.45, 7) is 1.42. The molecule has 2 heterocycles. The molecule has 1 aliphatic heterocycles. The van der Waals surface area contributed by atoms with E-state index in [1.54, 1.807) is 30.0 Å². The number of nitrogens with one attached hydrogen (secondary N) is 2. The van der Waals surface area contributed by atoms with Gasteiger partial charge < -0.3 is 15.2 Å². The van der Waals surface area contributed by atoms with Crippen molar-refractivity contribution in [3.63, 3.8) is 0 Å². The van der Waals surface area contributed by atoms with Crippen LogP contribution in [0.5, 0.6) is 0 Å². The Morgan fingerprint density at radius 2 is 1.60 bits per heavy atom. The Kier molecular flexibility index (Phi) is 6.18. The highest BCUT2D eigenvalue weighted by atomic mass is 32.2. The average Bonchev–Trinajstić information content (AvgIpc) is 3.17. The third-order valence-corrected chi connectivity index (χ3v) is 5.99. The standard InChI is InChI=1S/C23H22FN3O2S/c24-18-8-6-17(7-9-18)14-25-22(28)19-12-20(27-10-11-30-15-21(19)27)23(29)26-13-16-4-2-1-3-5-16/h1-9,12H,10-11,13-15H2,(H,25,28)(H,26,29). The molecule has 5 nitrogen and oxygen atoms in total. The molecule has 0 bridgehead atoms. The highest BCUT2D eigenvalue weighted by Crippen LogP contribution is 2.27. The Hall–Kier alpha value is -3.06. The topological polar surface area (TPSA) is 63.1 Å². The van der Waals surface area contributed by atoms with Crippen LogP contribution in [0.1, 0.15) is 37.7 Å². The van der Waals surface area contributed by atoms with Gasteiger partial charge in [-0.25, -0.2) is 4.39 Å². The predicted octanol–water partition coefficient (Wildman–Crippen LogP) is 3.73. The minimum Gasteiger partial charge on any atom is -0.348 e. The zero-order chi connectivity index (χ0) is 20.9. The second-order valence-electron chi connectivity index (χ2n) is 7.07. The second kappa shape index (κ2) is 9.17. The van der Waals surface area contributed by atoms with Gasteiger partial charge in [-0.3, -0.25) is 9.59 Å². The maximum atomic E-state index is 13.1. The van der Waals surface area contributed by atoms with Gasteiger partial charge in [0.25, 0.3) is 11.8 Å². The van der Waals surface area contributed by atoms with E-state index in [9.17, 15) is 14.0 Å². The van der Waals surface area contributed by atoms with Crippen LogP contribution < -0.4 is 10.6 Å². The van der Waals surface area contributed by atoms with Crippen LogP contribution in [0.25, 0.3) is 0 Å². The molecule has 0 saturated carbocycles. The molecule has 1 aliphatic rings. The monoisotopic (exact) mass is 423 g/mol. The van der Waals surface area contributed by atoms with E-state index in [1.165, 1.54) is 12.1 Å². The highest BCUT2D eigenvalue weighted by Gasteiger charge is 2.25. The number of carbonyl (C=O) groups is 2. The van der Waals surface area contributed by atoms with Gasteiger partial charge in [-0.15, -0.1) is 0 Å². The van der Waals surface area contributed by atoms with Crippen molar-refractivity contribution in [1.82, 2.24) is 15.2 Å². The first-order valence-corrected chi connectivity index (χ1v) is 10.9. The Balaban J connectivity index is 1.49. The van der Waals surface area contributed by atoms with Crippen molar-refractivity contribution in [3.05, 3.63) is 94.6 Å². The molecule has 0 atom stereocenters. The molecule has 0 fully saturated rings. The quantitative estimate of drug-likeness (QED) is 0.635. The molecular weight excluding hydrogens is 401 g/mol. The van der Waals surface area contributed by atoms with Crippen LogP contribution >= 0.6 is 11.8 Å². The van der Waals surface area contributed by atoms with Crippen LogP contribution in [0, 0.1) is 5.82 Å². The van der Waals surface area contributed by atoms with E-state index >= 15 is 0 Å². The molecule has 0 aliphatic carbocycles. The molecule has 0 saturated heterocycles. The number of hydrogen-bond acceptors (Lipinski definition) is 3. The van der Waals surface area contributed by atoms with Crippen LogP contribution in [-0.4, -0.2) is 22.1 Å². The Bertz CT molecular complexity index is 1050. The zero-order valence-corrected chi connectivity index (χ0v) is 17.2. The summed E-state index contributed by atoms with van der Waals surface area (Å²) >= 11 is 1.75. The molecule has 7 heteroatoms. The molecular formula is C23H22FN3O2S. The minimum absolute atomic E-state index is 0.190. The van der Waals surface area contributed by atoms with E-state index in [1.807, 2.05) is 34.9 Å². The summed E-state index contributed by atoms with van der Waals surface area (Å²) in [4.78, 5) is 25.7. The normalized spacial score (nSPS) is 12.8. The molecule has 2 aromatic carbocycles. The number of nitrogens with zero attached hydrogens (tertiary/aromatic N) is 1. The number of carbonyl (C=O) groups excluding carboxylic acids is 2. The van der Waals surface area contributed by atoms with Gasteiger partial charge in [0.15, 0.2) is 0 Å². The largest absolute Gasteiger partial charge is 0.348 e. The fraction of sp³-hybridized carbons (Fsp3) is 0.217. The molecule has 0 radical (unpaired) electrons. The van der Waals surface area contributed by atoms with Crippen molar-refractivity contribution in [2.75, 3.05) is 5.75 Å². The number of thioether (sulfide) groups is 1. The summed E-state index contributed by atoms with van der Waals surface area (Å²) < 4.78 is 15.0. The van der Waals surface area contributed by atoms with E-state index in [-0.39, 0.29) is 17.6 Å². The third-order valence-electron chi connectivity index (χ3n) is 5.05. The van der Waals surface area contributed by atoms with Crippen molar-refractivity contribution in [1.29, 1.82) is 0 Å². The number of rotatable bonds is 6. The van der Waals surface area contributed by atoms with Crippen LogP contribution in [0.15, 0.2) is 60.7 Å². The van der Waals surface area contributed by atoms with Crippen LogP contribution in [-0.2, 0) is 25.4 Å². The molecule has 0 spiro atoms. The minimum atomic E-state index is -0.310.